The van der Waals surface area contributed by atoms with Crippen LogP contribution in [0.1, 0.15) is 11.1 Å². The number of hydrogen-bond donors (Lipinski definition) is 0. The van der Waals surface area contributed by atoms with E-state index in [-0.39, 0.29) is 16.8 Å². The normalized spacial score (nSPS) is 11.4. The van der Waals surface area contributed by atoms with Crippen LogP contribution in [0.3, 0.4) is 0 Å². The van der Waals surface area contributed by atoms with Crippen LogP contribution in [0.5, 0.6) is 0 Å². The van der Waals surface area contributed by atoms with E-state index in [1.807, 2.05) is 6.07 Å². The Hall–Kier alpha value is -1.94. The third-order valence-electron chi connectivity index (χ3n) is 2.32. The first-order valence-electron chi connectivity index (χ1n) is 5.76. The minimum absolute atomic E-state index is 0.0394. The molecule has 0 N–H and O–H groups in total. The van der Waals surface area contributed by atoms with E-state index in [4.69, 9.17) is 5.26 Å². The smallest absolute Gasteiger partial charge is 0.153 e. The topological polar surface area (TPSA) is 68.8 Å². The van der Waals surface area contributed by atoms with E-state index in [0.717, 1.165) is 0 Å². The fraction of sp³-hybridized carbons (Fsp3) is 0.385. The van der Waals surface area contributed by atoms with E-state index in [9.17, 15) is 8.60 Å². The van der Waals surface area contributed by atoms with Crippen molar-refractivity contribution in [2.45, 2.75) is 6.92 Å². The molecule has 0 aliphatic heterocycles. The number of nitriles is 1. The van der Waals surface area contributed by atoms with Crippen molar-refractivity contribution in [3.8, 4) is 6.07 Å². The van der Waals surface area contributed by atoms with Crippen LogP contribution in [0, 0.1) is 24.1 Å². The Morgan fingerprint density at radius 3 is 2.45 bits per heavy atom. The Bertz CT molecular complexity index is 702. The van der Waals surface area contributed by atoms with Crippen molar-refractivity contribution in [3.05, 3.63) is 23.0 Å². The standard InChI is InChI=1S/C13H17FN4OS/c1-9-10(7-15)11(16-8-18(2)3)6-12(13(9)14)17-20(4,5)19/h6,8H,1-5H3/b16-8-. The summed E-state index contributed by atoms with van der Waals surface area (Å²) in [5.74, 6) is -0.637. The van der Waals surface area contributed by atoms with Crippen LogP contribution in [0.15, 0.2) is 15.4 Å². The molecule has 1 rings (SSSR count). The third kappa shape index (κ3) is 4.03. The van der Waals surface area contributed by atoms with Crippen LogP contribution in [-0.2, 0) is 9.73 Å². The quantitative estimate of drug-likeness (QED) is 0.636. The zero-order chi connectivity index (χ0) is 15.5. The molecule has 0 unspecified atom stereocenters. The lowest BCUT2D eigenvalue weighted by molar-refractivity contribution is 0.619. The van der Waals surface area contributed by atoms with Crippen LogP contribution in [0.25, 0.3) is 0 Å². The molecule has 0 spiro atoms. The van der Waals surface area contributed by atoms with Crippen LogP contribution < -0.4 is 0 Å². The maximum Gasteiger partial charge on any atom is 0.153 e. The van der Waals surface area contributed by atoms with Crippen LogP contribution in [-0.4, -0.2) is 42.1 Å². The largest absolute Gasteiger partial charge is 0.369 e. The minimum Gasteiger partial charge on any atom is -0.369 e. The molecule has 0 bridgehead atoms. The average Bonchev–Trinajstić information content (AvgIpc) is 2.31. The molecular formula is C13H17FN4OS. The van der Waals surface area contributed by atoms with Gasteiger partial charge in [-0.1, -0.05) is 0 Å². The van der Waals surface area contributed by atoms with Crippen molar-refractivity contribution in [3.63, 3.8) is 0 Å². The number of hydrogen-bond acceptors (Lipinski definition) is 4. The van der Waals surface area contributed by atoms with Crippen molar-refractivity contribution in [1.82, 2.24) is 4.90 Å². The van der Waals surface area contributed by atoms with Gasteiger partial charge in [0, 0.05) is 41.9 Å². The first kappa shape index (κ1) is 16.1. The molecule has 0 saturated carbocycles. The molecule has 0 aliphatic carbocycles. The van der Waals surface area contributed by atoms with Gasteiger partial charge < -0.3 is 4.90 Å². The molecule has 0 saturated heterocycles. The molecule has 0 heterocycles. The van der Waals surface area contributed by atoms with Crippen molar-refractivity contribution in [2.75, 3.05) is 26.6 Å². The van der Waals surface area contributed by atoms with Crippen molar-refractivity contribution < 1.29 is 8.60 Å². The van der Waals surface area contributed by atoms with E-state index in [2.05, 4.69) is 9.36 Å². The minimum atomic E-state index is -2.49. The summed E-state index contributed by atoms with van der Waals surface area (Å²) in [6.07, 6.45) is 4.35. The van der Waals surface area contributed by atoms with Crippen LogP contribution >= 0.6 is 0 Å². The Labute approximate surface area is 118 Å². The number of rotatable bonds is 3. The van der Waals surface area contributed by atoms with Gasteiger partial charge in [-0.15, -0.1) is 0 Å². The predicted molar refractivity (Wildman–Crippen MR) is 79.8 cm³/mol. The maximum atomic E-state index is 14.1. The fourth-order valence-corrected chi connectivity index (χ4v) is 2.09. The van der Waals surface area contributed by atoms with Crippen molar-refractivity contribution in [2.24, 2.45) is 9.36 Å². The molecule has 108 valence electrons. The summed E-state index contributed by atoms with van der Waals surface area (Å²) in [4.78, 5) is 5.82. The average molecular weight is 296 g/mol. The van der Waals surface area contributed by atoms with Gasteiger partial charge in [-0.05, 0) is 13.0 Å². The van der Waals surface area contributed by atoms with E-state index in [1.165, 1.54) is 31.8 Å². The number of aliphatic imine (C=N–C) groups is 1. The molecular weight excluding hydrogens is 279 g/mol. The Morgan fingerprint density at radius 2 is 2.00 bits per heavy atom. The molecule has 0 aromatic heterocycles. The first-order chi connectivity index (χ1) is 9.15. The van der Waals surface area contributed by atoms with E-state index < -0.39 is 15.5 Å². The van der Waals surface area contributed by atoms with Gasteiger partial charge in [0.15, 0.2) is 5.82 Å². The Balaban J connectivity index is 3.61. The van der Waals surface area contributed by atoms with Gasteiger partial charge in [-0.3, -0.25) is 0 Å². The summed E-state index contributed by atoms with van der Waals surface area (Å²) in [6.45, 7) is 1.48. The molecule has 7 heteroatoms. The monoisotopic (exact) mass is 296 g/mol. The van der Waals surface area contributed by atoms with Gasteiger partial charge in [-0.25, -0.2) is 13.6 Å². The highest BCUT2D eigenvalue weighted by molar-refractivity contribution is 7.92. The van der Waals surface area contributed by atoms with E-state index in [1.54, 1.807) is 19.0 Å². The van der Waals surface area contributed by atoms with Crippen LogP contribution in [0.2, 0.25) is 0 Å². The lowest BCUT2D eigenvalue weighted by Crippen LogP contribution is -2.07. The van der Waals surface area contributed by atoms with Gasteiger partial charge in [0.25, 0.3) is 0 Å². The molecule has 20 heavy (non-hydrogen) atoms. The van der Waals surface area contributed by atoms with Crippen LogP contribution in [0.4, 0.5) is 15.8 Å². The molecule has 0 fully saturated rings. The molecule has 1 aromatic carbocycles. The summed E-state index contributed by atoms with van der Waals surface area (Å²) in [6, 6.07) is 3.27. The summed E-state index contributed by atoms with van der Waals surface area (Å²) < 4.78 is 29.7. The second kappa shape index (κ2) is 6.01. The first-order valence-corrected chi connectivity index (χ1v) is 8.10. The lowest BCUT2D eigenvalue weighted by atomic mass is 10.1. The van der Waals surface area contributed by atoms with Gasteiger partial charge in [0.05, 0.1) is 17.6 Å². The summed E-state index contributed by atoms with van der Waals surface area (Å²) in [7, 11) is 1.07. The Kier molecular flexibility index (Phi) is 4.84. The van der Waals surface area contributed by atoms with Gasteiger partial charge in [0.2, 0.25) is 0 Å². The summed E-state index contributed by atoms with van der Waals surface area (Å²) in [5.41, 5.74) is 0.575. The third-order valence-corrected chi connectivity index (χ3v) is 2.95. The van der Waals surface area contributed by atoms with E-state index >= 15 is 0 Å². The SMILES string of the molecule is Cc1c(F)c(N=S(C)(C)=O)cc(/N=C\N(C)C)c1C#N. The maximum absolute atomic E-state index is 14.1. The summed E-state index contributed by atoms with van der Waals surface area (Å²) >= 11 is 0. The number of nitrogens with zero attached hydrogens (tertiary/aromatic N) is 4. The highest BCUT2D eigenvalue weighted by Gasteiger charge is 2.15. The fourth-order valence-electron chi connectivity index (χ4n) is 1.48. The molecule has 0 amide bonds. The van der Waals surface area contributed by atoms with Crippen molar-refractivity contribution in [1.29, 1.82) is 5.26 Å². The molecule has 0 radical (unpaired) electrons. The summed E-state index contributed by atoms with van der Waals surface area (Å²) in [5, 5.41) is 9.12. The highest BCUT2D eigenvalue weighted by atomic mass is 32.2. The zero-order valence-electron chi connectivity index (χ0n) is 12.1. The second-order valence-electron chi connectivity index (χ2n) is 4.82. The molecule has 0 atom stereocenters. The van der Waals surface area contributed by atoms with Crippen molar-refractivity contribution >= 4 is 27.4 Å². The molecule has 0 aliphatic rings. The Morgan fingerprint density at radius 1 is 1.40 bits per heavy atom. The molecule has 1 aromatic rings. The van der Waals surface area contributed by atoms with Gasteiger partial charge in [0.1, 0.15) is 11.8 Å². The second-order valence-corrected chi connectivity index (χ2v) is 7.37. The van der Waals surface area contributed by atoms with Gasteiger partial charge >= 0.3 is 0 Å². The number of halogens is 1. The number of benzene rings is 1. The van der Waals surface area contributed by atoms with Gasteiger partial charge in [-0.2, -0.15) is 9.62 Å². The van der Waals surface area contributed by atoms with E-state index in [0.29, 0.717) is 5.69 Å². The lowest BCUT2D eigenvalue weighted by Gasteiger charge is -2.08. The zero-order valence-corrected chi connectivity index (χ0v) is 13.0. The highest BCUT2D eigenvalue weighted by Crippen LogP contribution is 2.32. The predicted octanol–water partition coefficient (Wildman–Crippen LogP) is 2.59. The molecule has 5 nitrogen and oxygen atoms in total.